The number of allylic oxidation sites excluding steroid dienone is 2. The fourth-order valence-corrected chi connectivity index (χ4v) is 4.35. The van der Waals surface area contributed by atoms with Crippen molar-refractivity contribution in [2.24, 2.45) is 0 Å². The molecule has 0 radical (unpaired) electrons. The summed E-state index contributed by atoms with van der Waals surface area (Å²) in [6.45, 7) is 1.76. The first-order chi connectivity index (χ1) is 17.5. The van der Waals surface area contributed by atoms with Gasteiger partial charge in [-0.2, -0.15) is 4.98 Å². The van der Waals surface area contributed by atoms with Gasteiger partial charge in [0, 0.05) is 12.6 Å². The lowest BCUT2D eigenvalue weighted by molar-refractivity contribution is -0.116. The predicted octanol–water partition coefficient (Wildman–Crippen LogP) is 3.83. The Morgan fingerprint density at radius 2 is 1.61 bits per heavy atom. The monoisotopic (exact) mass is 507 g/mol. The maximum atomic E-state index is 12.3. The van der Waals surface area contributed by atoms with Gasteiger partial charge in [0.05, 0.1) is 6.61 Å². The van der Waals surface area contributed by atoms with Crippen LogP contribution >= 0.6 is 0 Å². The van der Waals surface area contributed by atoms with Crippen LogP contribution in [0.3, 0.4) is 0 Å². The van der Waals surface area contributed by atoms with Crippen LogP contribution in [0.25, 0.3) is 0 Å². The van der Waals surface area contributed by atoms with Gasteiger partial charge in [-0.15, -0.1) is 0 Å². The van der Waals surface area contributed by atoms with Crippen molar-refractivity contribution in [3.8, 4) is 0 Å². The van der Waals surface area contributed by atoms with Gasteiger partial charge in [0.1, 0.15) is 24.1 Å². The van der Waals surface area contributed by atoms with Crippen LogP contribution in [0.1, 0.15) is 103 Å². The molecule has 0 spiro atoms. The van der Waals surface area contributed by atoms with Gasteiger partial charge in [-0.3, -0.25) is 9.36 Å². The van der Waals surface area contributed by atoms with Crippen LogP contribution in [-0.2, 0) is 9.53 Å². The minimum atomic E-state index is -1.37. The Labute approximate surface area is 214 Å². The van der Waals surface area contributed by atoms with Crippen molar-refractivity contribution >= 4 is 11.7 Å². The van der Waals surface area contributed by atoms with Crippen molar-refractivity contribution in [2.45, 2.75) is 121 Å². The normalized spacial score (nSPS) is 21.9. The molecule has 1 aromatic rings. The number of carbonyl (C=O) groups excluding carboxylic acids is 1. The summed E-state index contributed by atoms with van der Waals surface area (Å²) in [4.78, 5) is 28.3. The first-order valence-corrected chi connectivity index (χ1v) is 13.6. The second-order valence-electron chi connectivity index (χ2n) is 9.61. The standard InChI is InChI=1S/C27H45N3O6/c1-2-3-4-5-6-7-8-9-10-11-12-13-14-15-16-17-23(32)28-22-18-19-30(27(35)29-22)26-25(34)24(33)21(20-31)36-26/h9-10,18-19,21,24-26,31,33-34H,2-8,11-17,20H2,1H3,(H,28,29,32,35)/b10-9+. The van der Waals surface area contributed by atoms with Crippen LogP contribution in [0.2, 0.25) is 0 Å². The molecule has 1 aliphatic heterocycles. The van der Waals surface area contributed by atoms with Crippen LogP contribution in [0.4, 0.5) is 5.82 Å². The zero-order valence-corrected chi connectivity index (χ0v) is 21.7. The van der Waals surface area contributed by atoms with Crippen molar-refractivity contribution in [3.63, 3.8) is 0 Å². The number of amides is 1. The number of unbranched alkanes of at least 4 members (excludes halogenated alkanes) is 11. The highest BCUT2D eigenvalue weighted by molar-refractivity contribution is 5.89. The van der Waals surface area contributed by atoms with E-state index in [1.54, 1.807) is 0 Å². The van der Waals surface area contributed by atoms with E-state index >= 15 is 0 Å². The zero-order chi connectivity index (χ0) is 26.2. The van der Waals surface area contributed by atoms with E-state index in [-0.39, 0.29) is 11.7 Å². The van der Waals surface area contributed by atoms with Gasteiger partial charge in [-0.05, 0) is 38.2 Å². The van der Waals surface area contributed by atoms with E-state index in [4.69, 9.17) is 4.74 Å². The average Bonchev–Trinajstić information content (AvgIpc) is 3.15. The molecule has 1 aliphatic rings. The second-order valence-corrected chi connectivity index (χ2v) is 9.61. The number of hydrogen-bond donors (Lipinski definition) is 4. The summed E-state index contributed by atoms with van der Waals surface area (Å²) in [5.74, 6) is -0.0778. The van der Waals surface area contributed by atoms with E-state index in [2.05, 4.69) is 29.4 Å². The number of aliphatic hydroxyl groups is 3. The minimum Gasteiger partial charge on any atom is -0.394 e. The highest BCUT2D eigenvalue weighted by Crippen LogP contribution is 2.28. The molecule has 0 bridgehead atoms. The van der Waals surface area contributed by atoms with E-state index in [1.807, 2.05) is 0 Å². The van der Waals surface area contributed by atoms with E-state index < -0.39 is 36.8 Å². The summed E-state index contributed by atoms with van der Waals surface area (Å²) in [5, 5.41) is 31.7. The van der Waals surface area contributed by atoms with Gasteiger partial charge in [0.2, 0.25) is 5.91 Å². The van der Waals surface area contributed by atoms with Crippen molar-refractivity contribution in [1.29, 1.82) is 0 Å². The molecule has 2 heterocycles. The molecule has 4 N–H and O–H groups in total. The fourth-order valence-electron chi connectivity index (χ4n) is 4.35. The topological polar surface area (TPSA) is 134 Å². The molecular formula is C27H45N3O6. The molecule has 2 rings (SSSR count). The van der Waals surface area contributed by atoms with E-state index in [0.29, 0.717) is 6.42 Å². The lowest BCUT2D eigenvalue weighted by Gasteiger charge is -2.17. The number of anilines is 1. The number of ether oxygens (including phenoxy) is 1. The molecule has 4 atom stereocenters. The third kappa shape index (κ3) is 10.5. The number of aliphatic hydroxyl groups excluding tert-OH is 3. The number of rotatable bonds is 18. The Morgan fingerprint density at radius 1 is 1.00 bits per heavy atom. The van der Waals surface area contributed by atoms with Crippen LogP contribution in [0.5, 0.6) is 0 Å². The largest absolute Gasteiger partial charge is 0.394 e. The molecule has 9 heteroatoms. The molecule has 1 aromatic heterocycles. The van der Waals surface area contributed by atoms with Crippen LogP contribution in [-0.4, -0.2) is 55.7 Å². The Kier molecular flexibility index (Phi) is 14.6. The van der Waals surface area contributed by atoms with Crippen LogP contribution < -0.4 is 11.0 Å². The third-order valence-corrected chi connectivity index (χ3v) is 6.55. The molecule has 1 saturated heterocycles. The number of nitrogens with one attached hydrogen (secondary N) is 1. The molecule has 36 heavy (non-hydrogen) atoms. The summed E-state index contributed by atoms with van der Waals surface area (Å²) in [5.41, 5.74) is -0.733. The SMILES string of the molecule is CCCCCCCC/C=C/CCCCCCCC(=O)Nc1ccn(C2OC(CO)C(O)C2O)c(=O)n1. The summed E-state index contributed by atoms with van der Waals surface area (Å²) >= 11 is 0. The summed E-state index contributed by atoms with van der Waals surface area (Å²) < 4.78 is 6.37. The van der Waals surface area contributed by atoms with Crippen LogP contribution in [0, 0.1) is 0 Å². The van der Waals surface area contributed by atoms with Gasteiger partial charge in [0.15, 0.2) is 6.23 Å². The minimum absolute atomic E-state index is 0.126. The average molecular weight is 508 g/mol. The lowest BCUT2D eigenvalue weighted by atomic mass is 10.1. The van der Waals surface area contributed by atoms with Gasteiger partial charge < -0.3 is 25.4 Å². The Hall–Kier alpha value is -2.07. The zero-order valence-electron chi connectivity index (χ0n) is 21.7. The maximum Gasteiger partial charge on any atom is 0.351 e. The molecule has 9 nitrogen and oxygen atoms in total. The van der Waals surface area contributed by atoms with Crippen molar-refractivity contribution < 1.29 is 24.9 Å². The van der Waals surface area contributed by atoms with Crippen molar-refractivity contribution in [1.82, 2.24) is 9.55 Å². The van der Waals surface area contributed by atoms with Gasteiger partial charge >= 0.3 is 5.69 Å². The first kappa shape index (κ1) is 30.2. The molecular weight excluding hydrogens is 462 g/mol. The molecule has 1 fully saturated rings. The predicted molar refractivity (Wildman–Crippen MR) is 140 cm³/mol. The van der Waals surface area contributed by atoms with Crippen molar-refractivity contribution in [2.75, 3.05) is 11.9 Å². The quantitative estimate of drug-likeness (QED) is 0.175. The molecule has 4 unspecified atom stereocenters. The van der Waals surface area contributed by atoms with Crippen molar-refractivity contribution in [3.05, 3.63) is 34.9 Å². The number of aromatic nitrogens is 2. The fraction of sp³-hybridized carbons (Fsp3) is 0.741. The maximum absolute atomic E-state index is 12.3. The smallest absolute Gasteiger partial charge is 0.351 e. The Balaban J connectivity index is 1.55. The van der Waals surface area contributed by atoms with Gasteiger partial charge in [-0.1, -0.05) is 70.4 Å². The van der Waals surface area contributed by atoms with Crippen LogP contribution in [0.15, 0.2) is 29.2 Å². The number of hydrogen-bond acceptors (Lipinski definition) is 7. The summed E-state index contributed by atoms with van der Waals surface area (Å²) in [6.07, 6.45) is 17.0. The lowest BCUT2D eigenvalue weighted by Crippen LogP contribution is -2.36. The molecule has 1 amide bonds. The Bertz CT molecular complexity index is 843. The number of carbonyl (C=O) groups is 1. The highest BCUT2D eigenvalue weighted by atomic mass is 16.6. The molecule has 0 aromatic carbocycles. The van der Waals surface area contributed by atoms with E-state index in [0.717, 1.165) is 36.7 Å². The van der Waals surface area contributed by atoms with E-state index in [1.165, 1.54) is 63.6 Å². The Morgan fingerprint density at radius 3 is 2.19 bits per heavy atom. The first-order valence-electron chi connectivity index (χ1n) is 13.6. The third-order valence-electron chi connectivity index (χ3n) is 6.55. The number of nitrogens with zero attached hydrogens (tertiary/aromatic N) is 2. The molecule has 204 valence electrons. The molecule has 0 saturated carbocycles. The summed E-state index contributed by atoms with van der Waals surface area (Å²) in [6, 6.07) is 1.44. The highest BCUT2D eigenvalue weighted by Gasteiger charge is 2.43. The van der Waals surface area contributed by atoms with Gasteiger partial charge in [-0.25, -0.2) is 4.79 Å². The van der Waals surface area contributed by atoms with Gasteiger partial charge in [0.25, 0.3) is 0 Å². The summed E-state index contributed by atoms with van der Waals surface area (Å²) in [7, 11) is 0. The molecule has 0 aliphatic carbocycles. The van der Waals surface area contributed by atoms with E-state index in [9.17, 15) is 24.9 Å². The second kappa shape index (κ2) is 17.4.